The summed E-state index contributed by atoms with van der Waals surface area (Å²) in [5.41, 5.74) is 1.86. The van der Waals surface area contributed by atoms with Gasteiger partial charge in [0, 0.05) is 6.92 Å². The van der Waals surface area contributed by atoms with Crippen LogP contribution in [0.3, 0.4) is 0 Å². The molecule has 1 aliphatic rings. The van der Waals surface area contributed by atoms with Crippen molar-refractivity contribution < 1.29 is 28.5 Å². The fourth-order valence-electron chi connectivity index (χ4n) is 4.13. The van der Waals surface area contributed by atoms with E-state index in [2.05, 4.69) is 4.99 Å². The van der Waals surface area contributed by atoms with Gasteiger partial charge in [0.05, 0.1) is 42.2 Å². The maximum absolute atomic E-state index is 13.8. The van der Waals surface area contributed by atoms with Crippen LogP contribution in [0.4, 0.5) is 0 Å². The molecule has 3 aromatic rings. The van der Waals surface area contributed by atoms with E-state index in [0.717, 1.165) is 5.56 Å². The predicted molar refractivity (Wildman–Crippen MR) is 142 cm³/mol. The van der Waals surface area contributed by atoms with Crippen LogP contribution in [0.1, 0.15) is 44.9 Å². The van der Waals surface area contributed by atoms with Gasteiger partial charge in [-0.15, -0.1) is 0 Å². The molecule has 1 aliphatic heterocycles. The van der Waals surface area contributed by atoms with Gasteiger partial charge in [0.15, 0.2) is 16.3 Å². The minimum Gasteiger partial charge on any atom is -0.497 e. The molecule has 198 valence electrons. The SMILES string of the molecule is COc1ccc(C2C(C(=O)OC(C)C)=C(C)N=c3s/c(=C\c4ccc(OC(C)=O)c(OC)c4)c(=O)n32)cc1. The number of carbonyl (C=O) groups is 2. The molecule has 0 spiro atoms. The zero-order valence-corrected chi connectivity index (χ0v) is 22.8. The van der Waals surface area contributed by atoms with Gasteiger partial charge < -0.3 is 18.9 Å². The second-order valence-electron chi connectivity index (χ2n) is 8.81. The number of carbonyl (C=O) groups excluding carboxylic acids is 2. The summed E-state index contributed by atoms with van der Waals surface area (Å²) in [6.07, 6.45) is 1.37. The van der Waals surface area contributed by atoms with Crippen LogP contribution in [-0.2, 0) is 14.3 Å². The third-order valence-corrected chi connectivity index (χ3v) is 6.74. The highest BCUT2D eigenvalue weighted by Crippen LogP contribution is 2.32. The first kappa shape index (κ1) is 26.9. The van der Waals surface area contributed by atoms with Crippen molar-refractivity contribution in [2.45, 2.75) is 39.8 Å². The molecule has 4 rings (SSSR count). The Morgan fingerprint density at radius 2 is 1.76 bits per heavy atom. The first-order valence-corrected chi connectivity index (χ1v) is 12.7. The zero-order chi connectivity index (χ0) is 27.6. The minimum atomic E-state index is -0.730. The van der Waals surface area contributed by atoms with Crippen molar-refractivity contribution in [2.75, 3.05) is 14.2 Å². The summed E-state index contributed by atoms with van der Waals surface area (Å²) in [5, 5.41) is 0. The number of hydrogen-bond acceptors (Lipinski definition) is 9. The summed E-state index contributed by atoms with van der Waals surface area (Å²) >= 11 is 1.21. The summed E-state index contributed by atoms with van der Waals surface area (Å²) in [7, 11) is 3.04. The molecule has 2 aromatic carbocycles. The van der Waals surface area contributed by atoms with Crippen LogP contribution in [-0.4, -0.2) is 36.8 Å². The molecule has 1 atom stereocenters. The second kappa shape index (κ2) is 11.1. The number of esters is 2. The number of rotatable bonds is 7. The Morgan fingerprint density at radius 3 is 2.37 bits per heavy atom. The van der Waals surface area contributed by atoms with Gasteiger partial charge in [-0.1, -0.05) is 29.5 Å². The van der Waals surface area contributed by atoms with Crippen molar-refractivity contribution in [2.24, 2.45) is 4.99 Å². The van der Waals surface area contributed by atoms with Gasteiger partial charge in [-0.25, -0.2) is 9.79 Å². The normalized spacial score (nSPS) is 15.1. The largest absolute Gasteiger partial charge is 0.497 e. The van der Waals surface area contributed by atoms with Gasteiger partial charge in [-0.2, -0.15) is 0 Å². The number of nitrogens with zero attached hydrogens (tertiary/aromatic N) is 2. The Bertz CT molecular complexity index is 1600. The van der Waals surface area contributed by atoms with Gasteiger partial charge in [0.25, 0.3) is 5.56 Å². The predicted octanol–water partition coefficient (Wildman–Crippen LogP) is 3.13. The molecule has 2 heterocycles. The molecule has 38 heavy (non-hydrogen) atoms. The number of thiazole rings is 1. The number of ether oxygens (including phenoxy) is 4. The molecule has 0 saturated heterocycles. The summed E-state index contributed by atoms with van der Waals surface area (Å²) < 4.78 is 23.3. The Hall–Kier alpha value is -4.18. The summed E-state index contributed by atoms with van der Waals surface area (Å²) in [6, 6.07) is 11.5. The number of fused-ring (bicyclic) bond motifs is 1. The number of allylic oxidation sites excluding steroid dienone is 1. The number of aromatic nitrogens is 1. The van der Waals surface area contributed by atoms with Crippen molar-refractivity contribution in [3.05, 3.63) is 84.5 Å². The van der Waals surface area contributed by atoms with E-state index in [0.29, 0.717) is 37.7 Å². The fourth-order valence-corrected chi connectivity index (χ4v) is 5.17. The maximum Gasteiger partial charge on any atom is 0.338 e. The number of benzene rings is 2. The van der Waals surface area contributed by atoms with Crippen LogP contribution in [0.2, 0.25) is 0 Å². The molecular weight excluding hydrogens is 508 g/mol. The van der Waals surface area contributed by atoms with Crippen LogP contribution >= 0.6 is 11.3 Å². The van der Waals surface area contributed by atoms with Crippen molar-refractivity contribution >= 4 is 29.4 Å². The average molecular weight is 537 g/mol. The lowest BCUT2D eigenvalue weighted by molar-refractivity contribution is -0.143. The van der Waals surface area contributed by atoms with Crippen molar-refractivity contribution in [1.29, 1.82) is 0 Å². The lowest BCUT2D eigenvalue weighted by Gasteiger charge is -2.25. The third kappa shape index (κ3) is 5.40. The quantitative estimate of drug-likeness (QED) is 0.337. The monoisotopic (exact) mass is 536 g/mol. The first-order chi connectivity index (χ1) is 18.1. The van der Waals surface area contributed by atoms with E-state index < -0.39 is 18.0 Å². The summed E-state index contributed by atoms with van der Waals surface area (Å²) in [4.78, 5) is 43.4. The summed E-state index contributed by atoms with van der Waals surface area (Å²) in [5.74, 6) is 0.293. The summed E-state index contributed by atoms with van der Waals surface area (Å²) in [6.45, 7) is 6.59. The highest BCUT2D eigenvalue weighted by Gasteiger charge is 2.33. The van der Waals surface area contributed by atoms with E-state index in [4.69, 9.17) is 18.9 Å². The molecule has 1 unspecified atom stereocenters. The maximum atomic E-state index is 13.8. The Kier molecular flexibility index (Phi) is 7.82. The van der Waals surface area contributed by atoms with Crippen LogP contribution < -0.4 is 29.1 Å². The van der Waals surface area contributed by atoms with E-state index in [1.54, 1.807) is 64.3 Å². The lowest BCUT2D eigenvalue weighted by Crippen LogP contribution is -2.40. The zero-order valence-electron chi connectivity index (χ0n) is 21.9. The molecule has 0 saturated carbocycles. The van der Waals surface area contributed by atoms with Crippen LogP contribution in [0.25, 0.3) is 6.08 Å². The fraction of sp³-hybridized carbons (Fsp3) is 0.286. The van der Waals surface area contributed by atoms with E-state index in [1.807, 2.05) is 12.1 Å². The van der Waals surface area contributed by atoms with Gasteiger partial charge in [0.1, 0.15) is 5.75 Å². The molecule has 10 heteroatoms. The van der Waals surface area contributed by atoms with Crippen LogP contribution in [0.5, 0.6) is 17.2 Å². The highest BCUT2D eigenvalue weighted by molar-refractivity contribution is 7.07. The molecule has 0 amide bonds. The van der Waals surface area contributed by atoms with Crippen molar-refractivity contribution in [3.8, 4) is 17.2 Å². The van der Waals surface area contributed by atoms with Gasteiger partial charge in [0.2, 0.25) is 0 Å². The van der Waals surface area contributed by atoms with E-state index in [1.165, 1.54) is 29.9 Å². The average Bonchev–Trinajstić information content (AvgIpc) is 3.17. The minimum absolute atomic E-state index is 0.280. The van der Waals surface area contributed by atoms with E-state index in [9.17, 15) is 14.4 Å². The number of hydrogen-bond donors (Lipinski definition) is 0. The molecule has 0 radical (unpaired) electrons. The van der Waals surface area contributed by atoms with E-state index >= 15 is 0 Å². The Labute approximate surface area is 223 Å². The smallest absolute Gasteiger partial charge is 0.338 e. The topological polar surface area (TPSA) is 105 Å². The molecule has 9 nitrogen and oxygen atoms in total. The molecule has 0 fully saturated rings. The number of methoxy groups -OCH3 is 2. The van der Waals surface area contributed by atoms with Crippen molar-refractivity contribution in [3.63, 3.8) is 0 Å². The molecule has 1 aromatic heterocycles. The standard InChI is InChI=1S/C28H28N2O7S/c1-15(2)36-27(33)24-16(3)29-28-30(25(24)19-8-10-20(34-5)11-9-19)26(32)23(38-28)14-18-7-12-21(37-17(4)31)22(13-18)35-6/h7-15,25H,1-6H3/b23-14-. The Balaban J connectivity index is 1.88. The Morgan fingerprint density at radius 1 is 1.05 bits per heavy atom. The van der Waals surface area contributed by atoms with Gasteiger partial charge in [-0.05, 0) is 62.2 Å². The lowest BCUT2D eigenvalue weighted by atomic mass is 9.96. The van der Waals surface area contributed by atoms with E-state index in [-0.39, 0.29) is 17.4 Å². The molecule has 0 bridgehead atoms. The highest BCUT2D eigenvalue weighted by atomic mass is 32.1. The second-order valence-corrected chi connectivity index (χ2v) is 9.82. The van der Waals surface area contributed by atoms with Gasteiger partial charge in [-0.3, -0.25) is 14.2 Å². The molecule has 0 N–H and O–H groups in total. The van der Waals surface area contributed by atoms with Gasteiger partial charge >= 0.3 is 11.9 Å². The first-order valence-electron chi connectivity index (χ1n) is 11.9. The van der Waals surface area contributed by atoms with Crippen LogP contribution in [0.15, 0.2) is 63.5 Å². The van der Waals surface area contributed by atoms with Crippen molar-refractivity contribution in [1.82, 2.24) is 4.57 Å². The molecule has 0 aliphatic carbocycles. The third-order valence-electron chi connectivity index (χ3n) is 5.76. The molecular formula is C28H28N2O7S. The van der Waals surface area contributed by atoms with Crippen LogP contribution in [0, 0.1) is 0 Å².